The minimum Gasteiger partial charge on any atom is -0.504 e. The van der Waals surface area contributed by atoms with Crippen molar-refractivity contribution in [3.8, 4) is 11.5 Å². The Morgan fingerprint density at radius 3 is 2.30 bits per heavy atom. The molecule has 0 radical (unpaired) electrons. The Morgan fingerprint density at radius 2 is 1.64 bits per heavy atom. The fourth-order valence-corrected chi connectivity index (χ4v) is 9.22. The van der Waals surface area contributed by atoms with Gasteiger partial charge in [0.05, 0.1) is 25.6 Å². The highest BCUT2D eigenvalue weighted by molar-refractivity contribution is 6.05. The van der Waals surface area contributed by atoms with Gasteiger partial charge in [-0.25, -0.2) is 0 Å². The van der Waals surface area contributed by atoms with Gasteiger partial charge in [-0.15, -0.1) is 0 Å². The van der Waals surface area contributed by atoms with Gasteiger partial charge in [-0.1, -0.05) is 69.3 Å². The number of hydrogen-bond donors (Lipinski definition) is 3. The molecule has 0 amide bonds. The van der Waals surface area contributed by atoms with Crippen molar-refractivity contribution in [1.29, 1.82) is 0 Å². The fourth-order valence-electron chi connectivity index (χ4n) is 9.22. The maximum absolute atomic E-state index is 13.7. The summed E-state index contributed by atoms with van der Waals surface area (Å²) in [5.74, 6) is -5.63. The number of ether oxygens (including phenoxy) is 4. The minimum atomic E-state index is -2.08. The summed E-state index contributed by atoms with van der Waals surface area (Å²) in [7, 11) is 1.40. The normalized spacial score (nSPS) is 33.4. The third kappa shape index (κ3) is 5.42. The van der Waals surface area contributed by atoms with E-state index in [0.29, 0.717) is 11.1 Å². The topological polar surface area (TPSA) is 166 Å². The number of Topliss-reactive ketones (excluding diaryl/α,β-unsaturated/α-hetero) is 1. The third-order valence-corrected chi connectivity index (χ3v) is 11.5. The molecule has 50 heavy (non-hydrogen) atoms. The number of fused-ring (bicyclic) bond motifs is 5. The Kier molecular flexibility index (Phi) is 8.75. The Labute approximate surface area is 290 Å². The second kappa shape index (κ2) is 12.4. The molecule has 0 aliphatic heterocycles. The number of aliphatic hydroxyl groups is 2. The molecule has 8 atom stereocenters. The first-order valence-electron chi connectivity index (χ1n) is 16.8. The molecule has 2 fully saturated rings. The lowest BCUT2D eigenvalue weighted by atomic mass is 9.59. The maximum Gasteiger partial charge on any atom is 0.310 e. The van der Waals surface area contributed by atoms with Crippen molar-refractivity contribution in [1.82, 2.24) is 0 Å². The molecule has 4 aliphatic rings. The molecule has 3 N–H and O–H groups in total. The lowest BCUT2D eigenvalue weighted by Gasteiger charge is -2.53. The first-order chi connectivity index (χ1) is 23.5. The summed E-state index contributed by atoms with van der Waals surface area (Å²) >= 11 is 0. The summed E-state index contributed by atoms with van der Waals surface area (Å²) in [5.41, 5.74) is -4.13. The van der Waals surface area contributed by atoms with Crippen molar-refractivity contribution in [2.45, 2.75) is 76.8 Å². The van der Waals surface area contributed by atoms with Crippen molar-refractivity contribution in [2.24, 2.45) is 29.1 Å². The predicted octanol–water partition coefficient (Wildman–Crippen LogP) is 3.80. The van der Waals surface area contributed by atoms with E-state index in [1.807, 2.05) is 32.0 Å². The van der Waals surface area contributed by atoms with Crippen LogP contribution in [0, 0.1) is 29.1 Å². The standard InChI is InChI=1S/C39H44O11/c1-21-14-30-37(45,34(21)44)19-26(20-48-31(42)18-25-12-13-28(41)29(16-25)47-6)15-27-33-36(4,5)39(33,50-23(3)40)35(22(2)38(27,30)46)49-32(43)17-24-10-8-7-9-11-24/h7-16,22,27,30,33,35,41,45-46H,17-20H2,1-6H3/t22-,27+,30-,33-,35+,37-,38-,39-/m1/s1. The van der Waals surface area contributed by atoms with Gasteiger partial charge >= 0.3 is 17.9 Å². The molecule has 2 aromatic carbocycles. The van der Waals surface area contributed by atoms with Gasteiger partial charge in [-0.05, 0) is 41.3 Å². The molecule has 266 valence electrons. The molecule has 4 aliphatic carbocycles. The van der Waals surface area contributed by atoms with Crippen LogP contribution in [-0.2, 0) is 46.2 Å². The number of phenols is 1. The van der Waals surface area contributed by atoms with Crippen LogP contribution in [0.1, 0.15) is 52.2 Å². The number of methoxy groups -OCH3 is 1. The summed E-state index contributed by atoms with van der Waals surface area (Å²) in [6.07, 6.45) is 1.81. The highest BCUT2D eigenvalue weighted by Gasteiger charge is 2.87. The zero-order chi connectivity index (χ0) is 36.4. The summed E-state index contributed by atoms with van der Waals surface area (Å²) in [5, 5.41) is 35.2. The molecule has 0 aromatic heterocycles. The number of carbonyl (C=O) groups excluding carboxylic acids is 4. The van der Waals surface area contributed by atoms with Crippen LogP contribution in [-0.4, -0.2) is 75.6 Å². The monoisotopic (exact) mass is 688 g/mol. The summed E-state index contributed by atoms with van der Waals surface area (Å²) in [6.45, 7) is 8.05. The van der Waals surface area contributed by atoms with Crippen LogP contribution in [0.5, 0.6) is 11.5 Å². The van der Waals surface area contributed by atoms with Gasteiger partial charge in [0.15, 0.2) is 22.9 Å². The second-order valence-corrected chi connectivity index (χ2v) is 14.8. The number of rotatable bonds is 9. The highest BCUT2D eigenvalue weighted by atomic mass is 16.6. The second-order valence-electron chi connectivity index (χ2n) is 14.8. The Morgan fingerprint density at radius 1 is 0.960 bits per heavy atom. The maximum atomic E-state index is 13.7. The number of hydrogen-bond acceptors (Lipinski definition) is 11. The Balaban J connectivity index is 1.37. The fraction of sp³-hybridized carbons (Fsp3) is 0.487. The molecule has 0 saturated heterocycles. The van der Waals surface area contributed by atoms with Crippen LogP contribution in [0.4, 0.5) is 0 Å². The quantitative estimate of drug-likeness (QED) is 0.199. The van der Waals surface area contributed by atoms with Crippen LogP contribution in [0.15, 0.2) is 71.8 Å². The molecule has 11 nitrogen and oxygen atoms in total. The smallest absolute Gasteiger partial charge is 0.310 e. The van der Waals surface area contributed by atoms with Crippen molar-refractivity contribution in [3.63, 3.8) is 0 Å². The first kappa shape index (κ1) is 35.3. The minimum absolute atomic E-state index is 0.0512. The molecule has 2 saturated carbocycles. The van der Waals surface area contributed by atoms with Crippen LogP contribution < -0.4 is 4.74 Å². The number of carbonyl (C=O) groups is 4. The van der Waals surface area contributed by atoms with Crippen molar-refractivity contribution < 1.29 is 53.4 Å². The van der Waals surface area contributed by atoms with Gasteiger partial charge in [0.1, 0.15) is 18.3 Å². The molecular weight excluding hydrogens is 644 g/mol. The van der Waals surface area contributed by atoms with Crippen LogP contribution in [0.2, 0.25) is 0 Å². The molecule has 0 spiro atoms. The van der Waals surface area contributed by atoms with Gasteiger partial charge in [0.25, 0.3) is 0 Å². The van der Waals surface area contributed by atoms with Gasteiger partial charge in [0, 0.05) is 42.4 Å². The Bertz CT molecular complexity index is 1790. The van der Waals surface area contributed by atoms with Gasteiger partial charge < -0.3 is 34.3 Å². The van der Waals surface area contributed by atoms with Crippen molar-refractivity contribution in [3.05, 3.63) is 83.0 Å². The van der Waals surface area contributed by atoms with E-state index in [2.05, 4.69) is 0 Å². The van der Waals surface area contributed by atoms with E-state index < -0.39 is 75.7 Å². The lowest BCUT2D eigenvalue weighted by molar-refractivity contribution is -0.228. The largest absolute Gasteiger partial charge is 0.504 e. The van der Waals surface area contributed by atoms with Gasteiger partial charge in [-0.2, -0.15) is 0 Å². The van der Waals surface area contributed by atoms with E-state index in [4.69, 9.17) is 18.9 Å². The zero-order valence-corrected chi connectivity index (χ0v) is 29.1. The van der Waals surface area contributed by atoms with Crippen LogP contribution >= 0.6 is 0 Å². The van der Waals surface area contributed by atoms with Crippen molar-refractivity contribution >= 4 is 23.7 Å². The number of phenolic OH excluding ortho intramolecular Hbond substituents is 1. The van der Waals surface area contributed by atoms with E-state index in [-0.39, 0.29) is 42.9 Å². The van der Waals surface area contributed by atoms with E-state index in [1.54, 1.807) is 44.2 Å². The number of ketones is 1. The number of esters is 3. The number of benzene rings is 2. The molecule has 0 bridgehead atoms. The van der Waals surface area contributed by atoms with E-state index in [9.17, 15) is 34.5 Å². The lowest BCUT2D eigenvalue weighted by Crippen LogP contribution is -2.66. The summed E-state index contributed by atoms with van der Waals surface area (Å²) < 4.78 is 23.1. The molecule has 11 heteroatoms. The summed E-state index contributed by atoms with van der Waals surface area (Å²) in [6, 6.07) is 13.6. The SMILES string of the molecule is COc1cc(CC(=O)OCC2=C[C@H]3[C@@H]4C(C)(C)[C@]4(OC(C)=O)[C@@H](OC(=O)Cc4ccccc4)[C@@H](C)[C@]3(O)[C@@H]3C=C(C)C(=O)[C@@]3(O)C2)ccc1O. The summed E-state index contributed by atoms with van der Waals surface area (Å²) in [4.78, 5) is 52.9. The predicted molar refractivity (Wildman–Crippen MR) is 179 cm³/mol. The molecule has 0 heterocycles. The first-order valence-corrected chi connectivity index (χ1v) is 16.8. The van der Waals surface area contributed by atoms with Gasteiger partial charge in [-0.3, -0.25) is 19.2 Å². The Hall–Kier alpha value is -4.48. The van der Waals surface area contributed by atoms with Gasteiger partial charge in [0.2, 0.25) is 0 Å². The zero-order valence-electron chi connectivity index (χ0n) is 29.1. The van der Waals surface area contributed by atoms with Crippen LogP contribution in [0.3, 0.4) is 0 Å². The molecular formula is C39H44O11. The number of aromatic hydroxyl groups is 1. The molecule has 2 aromatic rings. The van der Waals surface area contributed by atoms with E-state index >= 15 is 0 Å². The van der Waals surface area contributed by atoms with E-state index in [1.165, 1.54) is 26.2 Å². The highest BCUT2D eigenvalue weighted by Crippen LogP contribution is 2.77. The van der Waals surface area contributed by atoms with E-state index in [0.717, 1.165) is 5.56 Å². The van der Waals surface area contributed by atoms with Crippen molar-refractivity contribution in [2.75, 3.05) is 13.7 Å². The third-order valence-electron chi connectivity index (χ3n) is 11.5. The average molecular weight is 689 g/mol. The van der Waals surface area contributed by atoms with Crippen LogP contribution in [0.25, 0.3) is 0 Å². The average Bonchev–Trinajstić information content (AvgIpc) is 3.48. The molecule has 0 unspecified atom stereocenters. The molecule has 6 rings (SSSR count).